The van der Waals surface area contributed by atoms with Crippen LogP contribution in [0.25, 0.3) is 16.8 Å². The van der Waals surface area contributed by atoms with Gasteiger partial charge in [-0.3, -0.25) is 9.36 Å². The largest absolute Gasteiger partial charge is 0.478 e. The predicted octanol–water partition coefficient (Wildman–Crippen LogP) is 6.06. The van der Waals surface area contributed by atoms with Crippen molar-refractivity contribution in [3.05, 3.63) is 86.5 Å². The van der Waals surface area contributed by atoms with E-state index in [0.29, 0.717) is 44.5 Å². The molecule has 0 bridgehead atoms. The van der Waals surface area contributed by atoms with E-state index in [-0.39, 0.29) is 18.2 Å². The van der Waals surface area contributed by atoms with Crippen LogP contribution >= 0.6 is 15.9 Å². The number of alkyl halides is 1. The minimum atomic E-state index is -0.833. The molecule has 4 rings (SSSR count). The summed E-state index contributed by atoms with van der Waals surface area (Å²) < 4.78 is 42.5. The molecule has 0 saturated carbocycles. The minimum absolute atomic E-state index is 0.0793. The normalized spacial score (nSPS) is 11.8. The number of aromatic nitrogens is 5. The third-order valence-corrected chi connectivity index (χ3v) is 6.26. The summed E-state index contributed by atoms with van der Waals surface area (Å²) in [6.07, 6.45) is 3.96. The van der Waals surface area contributed by atoms with Crippen LogP contribution in [0.3, 0.4) is 0 Å². The highest BCUT2D eigenvalue weighted by atomic mass is 79.9. The Morgan fingerprint density at radius 2 is 2.03 bits per heavy atom. The molecule has 1 atom stereocenters. The van der Waals surface area contributed by atoms with Crippen molar-refractivity contribution in [1.82, 2.24) is 24.5 Å². The van der Waals surface area contributed by atoms with Crippen LogP contribution < -0.4 is 9.47 Å². The number of pyridine rings is 1. The van der Waals surface area contributed by atoms with Crippen LogP contribution in [-0.4, -0.2) is 42.7 Å². The molecule has 0 amide bonds. The summed E-state index contributed by atoms with van der Waals surface area (Å²) in [5, 5.41) is 20.5. The lowest BCUT2D eigenvalue weighted by molar-refractivity contribution is -0.390. The molecule has 1 aromatic carbocycles. The minimum Gasteiger partial charge on any atom is -0.478 e. The van der Waals surface area contributed by atoms with E-state index in [1.54, 1.807) is 41.8 Å². The molecule has 0 saturated heterocycles. The van der Waals surface area contributed by atoms with Gasteiger partial charge in [-0.2, -0.15) is 5.10 Å². The Morgan fingerprint density at radius 1 is 1.26 bits per heavy atom. The molecule has 10 nitrogen and oxygen atoms in total. The molecule has 3 aromatic heterocycles. The van der Waals surface area contributed by atoms with Crippen molar-refractivity contribution >= 4 is 27.3 Å². The number of hydrogen-bond donors (Lipinski definition) is 0. The fourth-order valence-electron chi connectivity index (χ4n) is 4.04. The van der Waals surface area contributed by atoms with E-state index in [1.165, 1.54) is 24.4 Å². The topological polar surface area (TPSA) is 110 Å². The van der Waals surface area contributed by atoms with Gasteiger partial charge < -0.3 is 19.6 Å². The maximum Gasteiger partial charge on any atom is 0.406 e. The quantitative estimate of drug-likeness (QED) is 0.152. The highest BCUT2D eigenvalue weighted by molar-refractivity contribution is 9.10. The van der Waals surface area contributed by atoms with Crippen LogP contribution in [0.1, 0.15) is 36.6 Å². The van der Waals surface area contributed by atoms with E-state index in [1.807, 2.05) is 6.92 Å². The Kier molecular flexibility index (Phi) is 8.38. The second kappa shape index (κ2) is 11.7. The van der Waals surface area contributed by atoms with Gasteiger partial charge in [-0.25, -0.2) is 8.78 Å². The van der Waals surface area contributed by atoms with Gasteiger partial charge >= 0.3 is 5.82 Å². The highest BCUT2D eigenvalue weighted by Crippen LogP contribution is 2.39. The number of benzene rings is 1. The summed E-state index contributed by atoms with van der Waals surface area (Å²) in [6.45, 7) is 7.52. The molecular weight excluding hydrogens is 578 g/mol. The third-order valence-electron chi connectivity index (χ3n) is 5.83. The van der Waals surface area contributed by atoms with Crippen molar-refractivity contribution < 1.29 is 23.2 Å². The van der Waals surface area contributed by atoms with Crippen molar-refractivity contribution in [2.45, 2.75) is 26.5 Å². The molecule has 0 fully saturated rings. The SMILES string of the molecule is C=C(c1cn(CC)nc1OCCF)c1cn(C)nc1-c1ccc(F)cc1[C@@H](C)Oc1cc(Br)cnc1[N+](=O)[O-]. The number of rotatable bonds is 11. The number of nitro groups is 1. The summed E-state index contributed by atoms with van der Waals surface area (Å²) in [5.74, 6) is -0.832. The third kappa shape index (κ3) is 5.98. The van der Waals surface area contributed by atoms with Crippen LogP contribution in [-0.2, 0) is 13.6 Å². The zero-order valence-corrected chi connectivity index (χ0v) is 23.0. The molecule has 0 aliphatic carbocycles. The first kappa shape index (κ1) is 27.9. The average Bonchev–Trinajstić information content (AvgIpc) is 3.50. The van der Waals surface area contributed by atoms with E-state index in [9.17, 15) is 18.9 Å². The Bertz CT molecular complexity index is 1540. The lowest BCUT2D eigenvalue weighted by atomic mass is 9.94. The van der Waals surface area contributed by atoms with Gasteiger partial charge in [0, 0.05) is 48.7 Å². The molecule has 0 unspecified atom stereocenters. The van der Waals surface area contributed by atoms with Crippen molar-refractivity contribution in [3.63, 3.8) is 0 Å². The smallest absolute Gasteiger partial charge is 0.406 e. The van der Waals surface area contributed by atoms with Gasteiger partial charge in [-0.1, -0.05) is 6.58 Å². The lowest BCUT2D eigenvalue weighted by Crippen LogP contribution is -2.08. The number of halogens is 3. The standard InChI is InChI=1S/C26H25BrF2N6O4/c1-5-34-14-22(26(32-34)38-9-8-28)15(2)21-13-33(4)31-24(21)19-7-6-18(29)11-20(19)16(3)39-23-10-17(27)12-30-25(23)35(36)37/h6-7,10-14,16H,2,5,8-9H2,1,3-4H3/t16-/m1/s1. The predicted molar refractivity (Wildman–Crippen MR) is 144 cm³/mol. The zero-order chi connectivity index (χ0) is 28.3. The first-order valence-electron chi connectivity index (χ1n) is 11.9. The van der Waals surface area contributed by atoms with Crippen LogP contribution in [0.5, 0.6) is 11.6 Å². The van der Waals surface area contributed by atoms with Gasteiger partial charge in [0.05, 0.1) is 10.0 Å². The van der Waals surface area contributed by atoms with Crippen molar-refractivity contribution in [1.29, 1.82) is 0 Å². The zero-order valence-electron chi connectivity index (χ0n) is 21.4. The average molecular weight is 603 g/mol. The molecule has 0 spiro atoms. The maximum absolute atomic E-state index is 14.5. The highest BCUT2D eigenvalue weighted by Gasteiger charge is 2.26. The molecular formula is C26H25BrF2N6O4. The Hall–Kier alpha value is -4.13. The van der Waals surface area contributed by atoms with Crippen molar-refractivity contribution in [2.24, 2.45) is 7.05 Å². The molecule has 4 aromatic rings. The first-order valence-corrected chi connectivity index (χ1v) is 12.7. The van der Waals surface area contributed by atoms with Gasteiger partial charge in [0.1, 0.15) is 30.9 Å². The van der Waals surface area contributed by atoms with Gasteiger partial charge in [0.2, 0.25) is 11.6 Å². The van der Waals surface area contributed by atoms with Crippen LogP contribution in [0.15, 0.2) is 53.9 Å². The summed E-state index contributed by atoms with van der Waals surface area (Å²) >= 11 is 3.25. The van der Waals surface area contributed by atoms with Gasteiger partial charge in [0.25, 0.3) is 0 Å². The lowest BCUT2D eigenvalue weighted by Gasteiger charge is -2.18. The van der Waals surface area contributed by atoms with Crippen molar-refractivity contribution in [2.75, 3.05) is 13.3 Å². The maximum atomic E-state index is 14.5. The summed E-state index contributed by atoms with van der Waals surface area (Å²) in [5.41, 5.74) is 3.07. The summed E-state index contributed by atoms with van der Waals surface area (Å²) in [7, 11) is 1.73. The summed E-state index contributed by atoms with van der Waals surface area (Å²) in [6, 6.07) is 5.58. The molecule has 0 aliphatic heterocycles. The Labute approximate surface area is 231 Å². The Morgan fingerprint density at radius 3 is 2.72 bits per heavy atom. The Balaban J connectivity index is 1.78. The van der Waals surface area contributed by atoms with Crippen molar-refractivity contribution in [3.8, 4) is 22.9 Å². The molecule has 0 radical (unpaired) electrons. The molecule has 0 aliphatic rings. The van der Waals surface area contributed by atoms with Crippen LogP contribution in [0.4, 0.5) is 14.6 Å². The van der Waals surface area contributed by atoms with Crippen LogP contribution in [0.2, 0.25) is 0 Å². The number of hydrogen-bond acceptors (Lipinski definition) is 7. The fraction of sp³-hybridized carbons (Fsp3) is 0.269. The van der Waals surface area contributed by atoms with E-state index in [2.05, 4.69) is 37.7 Å². The van der Waals surface area contributed by atoms with E-state index >= 15 is 0 Å². The monoisotopic (exact) mass is 602 g/mol. The van der Waals surface area contributed by atoms with Gasteiger partial charge in [-0.15, -0.1) is 5.10 Å². The van der Waals surface area contributed by atoms with E-state index in [4.69, 9.17) is 9.47 Å². The second-order valence-corrected chi connectivity index (χ2v) is 9.42. The van der Waals surface area contributed by atoms with E-state index in [0.717, 1.165) is 0 Å². The second-order valence-electron chi connectivity index (χ2n) is 8.51. The summed E-state index contributed by atoms with van der Waals surface area (Å²) in [4.78, 5) is 14.7. The molecule has 204 valence electrons. The fourth-order valence-corrected chi connectivity index (χ4v) is 4.35. The first-order chi connectivity index (χ1) is 18.6. The number of aryl methyl sites for hydroxylation is 2. The molecule has 39 heavy (non-hydrogen) atoms. The van der Waals surface area contributed by atoms with E-state index < -0.39 is 29.3 Å². The van der Waals surface area contributed by atoms with Gasteiger partial charge in [-0.05, 0) is 63.5 Å². The molecule has 13 heteroatoms. The van der Waals surface area contributed by atoms with Crippen LogP contribution in [0, 0.1) is 15.9 Å². The molecule has 0 N–H and O–H groups in total. The number of nitrogens with zero attached hydrogens (tertiary/aromatic N) is 6. The van der Waals surface area contributed by atoms with Gasteiger partial charge in [0.15, 0.2) is 6.20 Å². The molecule has 3 heterocycles. The number of ether oxygens (including phenoxy) is 2.